The van der Waals surface area contributed by atoms with E-state index in [0.717, 1.165) is 28.4 Å². The molecule has 0 unspecified atom stereocenters. The molecule has 7 heteroatoms. The van der Waals surface area contributed by atoms with E-state index < -0.39 is 0 Å². The Labute approximate surface area is 146 Å². The van der Waals surface area contributed by atoms with Crippen LogP contribution in [0.25, 0.3) is 0 Å². The first-order valence-corrected chi connectivity index (χ1v) is 7.70. The van der Waals surface area contributed by atoms with E-state index in [1.165, 1.54) is 0 Å². The van der Waals surface area contributed by atoms with E-state index in [0.29, 0.717) is 11.8 Å². The fraction of sp³-hybridized carbons (Fsp3) is 0.167. The van der Waals surface area contributed by atoms with Crippen LogP contribution >= 0.6 is 0 Å². The third-order valence-electron chi connectivity index (χ3n) is 3.50. The van der Waals surface area contributed by atoms with Gasteiger partial charge < -0.3 is 20.1 Å². The highest BCUT2D eigenvalue weighted by Crippen LogP contribution is 2.28. The van der Waals surface area contributed by atoms with Gasteiger partial charge in [0.2, 0.25) is 5.95 Å². The van der Waals surface area contributed by atoms with Gasteiger partial charge in [-0.1, -0.05) is 12.1 Å². The van der Waals surface area contributed by atoms with Gasteiger partial charge >= 0.3 is 0 Å². The topological polar surface area (TPSA) is 81.2 Å². The van der Waals surface area contributed by atoms with Crippen LogP contribution in [0.1, 0.15) is 5.56 Å². The Morgan fingerprint density at radius 2 is 1.84 bits per heavy atom. The SMILES string of the molecule is COc1cccc(Nc2nncc(Nc3cc(C)ccc3OC)n2)c1. The molecule has 0 spiro atoms. The number of aromatic nitrogens is 3. The van der Waals surface area contributed by atoms with Gasteiger partial charge in [-0.05, 0) is 36.8 Å². The molecule has 128 valence electrons. The number of ether oxygens (including phenoxy) is 2. The molecule has 0 saturated heterocycles. The Morgan fingerprint density at radius 1 is 0.960 bits per heavy atom. The molecule has 0 radical (unpaired) electrons. The van der Waals surface area contributed by atoms with Gasteiger partial charge in [0, 0.05) is 11.8 Å². The standard InChI is InChI=1S/C18H19N5O2/c1-12-7-8-16(25-3)15(9-12)21-17-11-19-23-18(22-17)20-13-5-4-6-14(10-13)24-2/h4-11H,1-3H3,(H2,20,21,22,23). The summed E-state index contributed by atoms with van der Waals surface area (Å²) in [4.78, 5) is 4.43. The summed E-state index contributed by atoms with van der Waals surface area (Å²) in [6.07, 6.45) is 1.55. The molecule has 1 heterocycles. The summed E-state index contributed by atoms with van der Waals surface area (Å²) in [6.45, 7) is 2.01. The largest absolute Gasteiger partial charge is 0.497 e. The predicted octanol–water partition coefficient (Wildman–Crippen LogP) is 3.68. The molecule has 0 bridgehead atoms. The first kappa shape index (κ1) is 16.5. The van der Waals surface area contributed by atoms with E-state index in [-0.39, 0.29) is 0 Å². The van der Waals surface area contributed by atoms with Gasteiger partial charge in [0.25, 0.3) is 0 Å². The van der Waals surface area contributed by atoms with E-state index in [1.54, 1.807) is 20.4 Å². The van der Waals surface area contributed by atoms with Crippen LogP contribution in [0.15, 0.2) is 48.7 Å². The van der Waals surface area contributed by atoms with Gasteiger partial charge in [-0.3, -0.25) is 0 Å². The molecule has 25 heavy (non-hydrogen) atoms. The zero-order chi connectivity index (χ0) is 17.6. The van der Waals surface area contributed by atoms with E-state index in [9.17, 15) is 0 Å². The second-order valence-electron chi connectivity index (χ2n) is 5.35. The maximum absolute atomic E-state index is 5.37. The average molecular weight is 337 g/mol. The number of anilines is 4. The molecule has 3 rings (SSSR count). The lowest BCUT2D eigenvalue weighted by Gasteiger charge is -2.12. The quantitative estimate of drug-likeness (QED) is 0.710. The number of nitrogens with one attached hydrogen (secondary N) is 2. The fourth-order valence-corrected chi connectivity index (χ4v) is 2.30. The molecule has 7 nitrogen and oxygen atoms in total. The fourth-order valence-electron chi connectivity index (χ4n) is 2.30. The van der Waals surface area contributed by atoms with Crippen LogP contribution < -0.4 is 20.1 Å². The number of hydrogen-bond acceptors (Lipinski definition) is 7. The van der Waals surface area contributed by atoms with Crippen molar-refractivity contribution in [3.05, 3.63) is 54.2 Å². The lowest BCUT2D eigenvalue weighted by molar-refractivity contribution is 0.415. The van der Waals surface area contributed by atoms with E-state index in [1.807, 2.05) is 49.4 Å². The highest BCUT2D eigenvalue weighted by Gasteiger charge is 2.07. The highest BCUT2D eigenvalue weighted by molar-refractivity contribution is 5.65. The summed E-state index contributed by atoms with van der Waals surface area (Å²) in [6, 6.07) is 13.4. The molecule has 0 atom stereocenters. The van der Waals surface area contributed by atoms with Crippen molar-refractivity contribution in [2.24, 2.45) is 0 Å². The lowest BCUT2D eigenvalue weighted by Crippen LogP contribution is -2.03. The molecular weight excluding hydrogens is 318 g/mol. The summed E-state index contributed by atoms with van der Waals surface area (Å²) in [7, 11) is 3.25. The highest BCUT2D eigenvalue weighted by atomic mass is 16.5. The minimum atomic E-state index is 0.380. The normalized spacial score (nSPS) is 10.2. The Kier molecular flexibility index (Phi) is 4.94. The summed E-state index contributed by atoms with van der Waals surface area (Å²) >= 11 is 0. The van der Waals surface area contributed by atoms with Gasteiger partial charge in [-0.15, -0.1) is 5.10 Å². The van der Waals surface area contributed by atoms with Crippen molar-refractivity contribution in [2.75, 3.05) is 24.9 Å². The lowest BCUT2D eigenvalue weighted by atomic mass is 10.2. The molecule has 2 N–H and O–H groups in total. The second-order valence-corrected chi connectivity index (χ2v) is 5.35. The molecular formula is C18H19N5O2. The maximum atomic E-state index is 5.37. The first-order chi connectivity index (χ1) is 12.2. The Balaban J connectivity index is 1.81. The second kappa shape index (κ2) is 7.48. The van der Waals surface area contributed by atoms with Gasteiger partial charge in [-0.2, -0.15) is 10.1 Å². The molecule has 0 amide bonds. The van der Waals surface area contributed by atoms with Crippen molar-refractivity contribution in [1.82, 2.24) is 15.2 Å². The molecule has 2 aromatic carbocycles. The van der Waals surface area contributed by atoms with E-state index >= 15 is 0 Å². The monoisotopic (exact) mass is 337 g/mol. The third kappa shape index (κ3) is 4.14. The third-order valence-corrected chi connectivity index (χ3v) is 3.50. The Bertz CT molecular complexity index is 870. The summed E-state index contributed by atoms with van der Waals surface area (Å²) < 4.78 is 10.6. The van der Waals surface area contributed by atoms with Crippen LogP contribution in [0, 0.1) is 6.92 Å². The van der Waals surface area contributed by atoms with Crippen LogP contribution in [-0.2, 0) is 0 Å². The maximum Gasteiger partial charge on any atom is 0.249 e. The van der Waals surface area contributed by atoms with Crippen LogP contribution in [0.4, 0.5) is 23.1 Å². The summed E-state index contributed by atoms with van der Waals surface area (Å²) in [5, 5.41) is 14.3. The van der Waals surface area contributed by atoms with Crippen LogP contribution in [-0.4, -0.2) is 29.4 Å². The van der Waals surface area contributed by atoms with Crippen molar-refractivity contribution in [2.45, 2.75) is 6.92 Å². The van der Waals surface area contributed by atoms with Crippen LogP contribution in [0.2, 0.25) is 0 Å². The number of aryl methyl sites for hydroxylation is 1. The molecule has 0 fully saturated rings. The minimum absolute atomic E-state index is 0.380. The predicted molar refractivity (Wildman–Crippen MR) is 97.1 cm³/mol. The molecule has 0 aliphatic rings. The number of nitrogens with zero attached hydrogens (tertiary/aromatic N) is 3. The van der Waals surface area contributed by atoms with Crippen LogP contribution in [0.3, 0.4) is 0 Å². The molecule has 0 aliphatic carbocycles. The number of rotatable bonds is 6. The molecule has 1 aromatic heterocycles. The van der Waals surface area contributed by atoms with Gasteiger partial charge in [0.05, 0.1) is 26.1 Å². The smallest absolute Gasteiger partial charge is 0.249 e. The van der Waals surface area contributed by atoms with Crippen molar-refractivity contribution < 1.29 is 9.47 Å². The van der Waals surface area contributed by atoms with Crippen molar-refractivity contribution in [3.63, 3.8) is 0 Å². The van der Waals surface area contributed by atoms with Gasteiger partial charge in [0.15, 0.2) is 5.82 Å². The number of hydrogen-bond donors (Lipinski definition) is 2. The van der Waals surface area contributed by atoms with Crippen molar-refractivity contribution in [3.8, 4) is 11.5 Å². The zero-order valence-electron chi connectivity index (χ0n) is 14.3. The molecule has 3 aromatic rings. The minimum Gasteiger partial charge on any atom is -0.497 e. The van der Waals surface area contributed by atoms with E-state index in [4.69, 9.17) is 9.47 Å². The van der Waals surface area contributed by atoms with Gasteiger partial charge in [-0.25, -0.2) is 0 Å². The van der Waals surface area contributed by atoms with Crippen LogP contribution in [0.5, 0.6) is 11.5 Å². The van der Waals surface area contributed by atoms with E-state index in [2.05, 4.69) is 25.8 Å². The zero-order valence-corrected chi connectivity index (χ0v) is 14.3. The van der Waals surface area contributed by atoms with Gasteiger partial charge in [0.1, 0.15) is 11.5 Å². The summed E-state index contributed by atoms with van der Waals surface area (Å²) in [5.41, 5.74) is 2.74. The van der Waals surface area contributed by atoms with Crippen molar-refractivity contribution in [1.29, 1.82) is 0 Å². The first-order valence-electron chi connectivity index (χ1n) is 7.70. The number of benzene rings is 2. The molecule has 0 aliphatic heterocycles. The average Bonchev–Trinajstić information content (AvgIpc) is 2.62. The molecule has 0 saturated carbocycles. The Hall–Kier alpha value is -3.35. The van der Waals surface area contributed by atoms with Crippen molar-refractivity contribution >= 4 is 23.1 Å². The Morgan fingerprint density at radius 3 is 2.64 bits per heavy atom. The summed E-state index contributed by atoms with van der Waals surface area (Å²) in [5.74, 6) is 2.41. The number of methoxy groups -OCH3 is 2.